The zero-order valence-corrected chi connectivity index (χ0v) is 13.6. The highest BCUT2D eigenvalue weighted by Gasteiger charge is 2.31. The van der Waals surface area contributed by atoms with Gasteiger partial charge in [0.2, 0.25) is 5.96 Å². The maximum Gasteiger partial charge on any atom is 0.211 e. The van der Waals surface area contributed by atoms with Gasteiger partial charge in [0.05, 0.1) is 10.7 Å². The van der Waals surface area contributed by atoms with Gasteiger partial charge in [0.15, 0.2) is 6.19 Å². The Labute approximate surface area is 150 Å². The van der Waals surface area contributed by atoms with E-state index in [1.54, 1.807) is 6.19 Å². The summed E-state index contributed by atoms with van der Waals surface area (Å²) in [6.07, 6.45) is 1.66. The van der Waals surface area contributed by atoms with Crippen molar-refractivity contribution in [2.75, 3.05) is 16.8 Å². The van der Waals surface area contributed by atoms with Crippen LogP contribution in [0.15, 0.2) is 17.1 Å². The van der Waals surface area contributed by atoms with Gasteiger partial charge in [0, 0.05) is 17.2 Å². The van der Waals surface area contributed by atoms with E-state index in [0.29, 0.717) is 6.07 Å². The van der Waals surface area contributed by atoms with Crippen LogP contribution in [0.4, 0.5) is 26.1 Å². The van der Waals surface area contributed by atoms with Gasteiger partial charge >= 0.3 is 0 Å². The molecule has 0 aliphatic carbocycles. The van der Waals surface area contributed by atoms with Crippen molar-refractivity contribution in [2.24, 2.45) is 4.99 Å². The molecule has 2 aromatic rings. The van der Waals surface area contributed by atoms with Gasteiger partial charge in [-0.15, -0.1) is 0 Å². The highest BCUT2D eigenvalue weighted by Crippen LogP contribution is 2.43. The minimum absolute atomic E-state index is 0.0497. The van der Waals surface area contributed by atoms with E-state index in [4.69, 9.17) is 28.3 Å². The van der Waals surface area contributed by atoms with E-state index >= 15 is 0 Å². The van der Waals surface area contributed by atoms with Gasteiger partial charge in [-0.1, -0.05) is 11.6 Å². The predicted molar refractivity (Wildman–Crippen MR) is 90.8 cm³/mol. The first-order chi connectivity index (χ1) is 12.4. The Bertz CT molecular complexity index is 1040. The molecule has 8 nitrogen and oxygen atoms in total. The molecule has 1 aromatic heterocycles. The first-order valence-corrected chi connectivity index (χ1v) is 7.38. The molecule has 0 saturated carbocycles. The number of fused-ring (bicyclic) bond motifs is 1. The summed E-state index contributed by atoms with van der Waals surface area (Å²) in [6, 6.07) is 2.31. The predicted octanol–water partition coefficient (Wildman–Crippen LogP) is 1.99. The van der Waals surface area contributed by atoms with Crippen molar-refractivity contribution in [3.63, 3.8) is 0 Å². The average molecular weight is 375 g/mol. The molecule has 1 unspecified atom stereocenters. The van der Waals surface area contributed by atoms with Crippen LogP contribution >= 0.6 is 11.6 Å². The molecule has 1 aromatic carbocycles. The van der Waals surface area contributed by atoms with Crippen molar-refractivity contribution in [3.8, 4) is 12.3 Å². The van der Waals surface area contributed by atoms with Crippen LogP contribution in [0.25, 0.3) is 0 Å². The Hall–Kier alpha value is -3.63. The number of benzene rings is 1. The minimum atomic E-state index is -1.13. The summed E-state index contributed by atoms with van der Waals surface area (Å²) >= 11 is 5.98. The van der Waals surface area contributed by atoms with E-state index in [2.05, 4.69) is 20.6 Å². The topological polar surface area (TPSA) is 149 Å². The molecule has 130 valence electrons. The standard InChI is InChI=1S/C15H9ClF2N8/c16-10-6(1-5(17)2-8(10)18)12-9-11(21)7(3-19)13(22)25-14(9)26-15(24-12)23-4-20/h1-2,12H,(H6,21,22,23,24,25,26). The Kier molecular flexibility index (Phi) is 4.20. The SMILES string of the molecule is N#CNC1=NC(c2cc(F)cc(F)c2Cl)c2c(nc(N)c(C#N)c2N)N1. The number of nitrogens with zero attached hydrogens (tertiary/aromatic N) is 4. The molecule has 0 radical (unpaired) electrons. The second-order valence-corrected chi connectivity index (χ2v) is 5.57. The number of nitrogen functional groups attached to an aromatic ring is 2. The van der Waals surface area contributed by atoms with Crippen molar-refractivity contribution in [2.45, 2.75) is 6.04 Å². The molecule has 1 aliphatic rings. The third kappa shape index (κ3) is 2.68. The lowest BCUT2D eigenvalue weighted by Crippen LogP contribution is -2.33. The molecule has 1 aliphatic heterocycles. The Morgan fingerprint density at radius 3 is 2.65 bits per heavy atom. The second kappa shape index (κ2) is 6.35. The number of aromatic nitrogens is 1. The van der Waals surface area contributed by atoms with E-state index in [9.17, 15) is 14.0 Å². The van der Waals surface area contributed by atoms with Crippen molar-refractivity contribution in [1.82, 2.24) is 10.3 Å². The lowest BCUT2D eigenvalue weighted by atomic mass is 9.95. The molecule has 3 rings (SSSR count). The lowest BCUT2D eigenvalue weighted by Gasteiger charge is -2.26. The Morgan fingerprint density at radius 2 is 2.00 bits per heavy atom. The zero-order valence-electron chi connectivity index (χ0n) is 12.8. The van der Waals surface area contributed by atoms with Gasteiger partial charge in [-0.25, -0.2) is 18.8 Å². The third-order valence-electron chi connectivity index (χ3n) is 3.67. The molecular weight excluding hydrogens is 366 g/mol. The summed E-state index contributed by atoms with van der Waals surface area (Å²) in [7, 11) is 0. The van der Waals surface area contributed by atoms with Crippen LogP contribution in [-0.4, -0.2) is 10.9 Å². The van der Waals surface area contributed by atoms with E-state index in [-0.39, 0.29) is 45.0 Å². The Balaban J connectivity index is 2.32. The van der Waals surface area contributed by atoms with Crippen LogP contribution in [0.5, 0.6) is 0 Å². The summed E-state index contributed by atoms with van der Waals surface area (Å²) in [6.45, 7) is 0. The first-order valence-electron chi connectivity index (χ1n) is 7.00. The number of guanidine groups is 1. The van der Waals surface area contributed by atoms with Crippen LogP contribution in [0.1, 0.15) is 22.7 Å². The smallest absolute Gasteiger partial charge is 0.211 e. The molecule has 0 amide bonds. The third-order valence-corrected chi connectivity index (χ3v) is 4.07. The normalized spacial score (nSPS) is 15.1. The van der Waals surface area contributed by atoms with E-state index in [1.165, 1.54) is 0 Å². The molecule has 26 heavy (non-hydrogen) atoms. The molecular formula is C15H9ClF2N8. The highest BCUT2D eigenvalue weighted by molar-refractivity contribution is 6.31. The molecule has 0 saturated heterocycles. The minimum Gasteiger partial charge on any atom is -0.397 e. The number of nitrogens with one attached hydrogen (secondary N) is 2. The quantitative estimate of drug-likeness (QED) is 0.338. The largest absolute Gasteiger partial charge is 0.397 e. The van der Waals surface area contributed by atoms with Gasteiger partial charge in [0.25, 0.3) is 0 Å². The summed E-state index contributed by atoms with van der Waals surface area (Å²) in [5.74, 6) is -1.99. The van der Waals surface area contributed by atoms with Gasteiger partial charge in [0.1, 0.15) is 40.9 Å². The number of hydrogen-bond acceptors (Lipinski definition) is 8. The molecule has 2 heterocycles. The van der Waals surface area contributed by atoms with Crippen LogP contribution in [0.2, 0.25) is 5.02 Å². The summed E-state index contributed by atoms with van der Waals surface area (Å²) in [5, 5.41) is 22.6. The Morgan fingerprint density at radius 1 is 1.27 bits per heavy atom. The summed E-state index contributed by atoms with van der Waals surface area (Å²) in [5.41, 5.74) is 11.7. The maximum atomic E-state index is 13.9. The first kappa shape index (κ1) is 17.2. The van der Waals surface area contributed by atoms with Crippen molar-refractivity contribution in [3.05, 3.63) is 45.5 Å². The maximum absolute atomic E-state index is 13.9. The molecule has 6 N–H and O–H groups in total. The fourth-order valence-electron chi connectivity index (χ4n) is 2.58. The average Bonchev–Trinajstić information content (AvgIpc) is 2.58. The van der Waals surface area contributed by atoms with E-state index in [1.807, 2.05) is 6.07 Å². The number of hydrogen-bond donors (Lipinski definition) is 4. The monoisotopic (exact) mass is 374 g/mol. The number of aliphatic imine (C=N–C) groups is 1. The molecule has 0 bridgehead atoms. The second-order valence-electron chi connectivity index (χ2n) is 5.19. The molecule has 0 spiro atoms. The number of anilines is 3. The molecule has 0 fully saturated rings. The number of nitrogens with two attached hydrogens (primary N) is 2. The van der Waals surface area contributed by atoms with Crippen LogP contribution in [-0.2, 0) is 0 Å². The van der Waals surface area contributed by atoms with Crippen LogP contribution in [0.3, 0.4) is 0 Å². The van der Waals surface area contributed by atoms with E-state index in [0.717, 1.165) is 6.07 Å². The van der Waals surface area contributed by atoms with Crippen LogP contribution < -0.4 is 22.1 Å². The number of nitriles is 2. The fraction of sp³-hybridized carbons (Fsp3) is 0.0667. The number of rotatable bonds is 1. The molecule has 1 atom stereocenters. The lowest BCUT2D eigenvalue weighted by molar-refractivity contribution is 0.577. The van der Waals surface area contributed by atoms with Crippen LogP contribution in [0, 0.1) is 34.4 Å². The van der Waals surface area contributed by atoms with Gasteiger partial charge in [-0.05, 0) is 6.07 Å². The van der Waals surface area contributed by atoms with Crippen molar-refractivity contribution in [1.29, 1.82) is 10.5 Å². The fourth-order valence-corrected chi connectivity index (χ4v) is 2.79. The van der Waals surface area contributed by atoms with E-state index < -0.39 is 17.7 Å². The van der Waals surface area contributed by atoms with Crippen molar-refractivity contribution >= 4 is 34.9 Å². The summed E-state index contributed by atoms with van der Waals surface area (Å²) < 4.78 is 27.6. The van der Waals surface area contributed by atoms with Gasteiger partial charge < -0.3 is 16.8 Å². The van der Waals surface area contributed by atoms with Crippen molar-refractivity contribution < 1.29 is 8.78 Å². The van der Waals surface area contributed by atoms with Gasteiger partial charge in [-0.2, -0.15) is 10.5 Å². The molecule has 11 heteroatoms. The summed E-state index contributed by atoms with van der Waals surface area (Å²) in [4.78, 5) is 8.21. The number of pyridine rings is 1. The zero-order chi connectivity index (χ0) is 19.0. The van der Waals surface area contributed by atoms with Gasteiger partial charge in [-0.3, -0.25) is 5.32 Å². The highest BCUT2D eigenvalue weighted by atomic mass is 35.5. The number of halogens is 3.